The number of anilines is 2. The van der Waals surface area contributed by atoms with Crippen LogP contribution in [-0.4, -0.2) is 34.0 Å². The summed E-state index contributed by atoms with van der Waals surface area (Å²) in [6.45, 7) is 0.0264. The van der Waals surface area contributed by atoms with E-state index in [1.165, 1.54) is 23.4 Å². The Morgan fingerprint density at radius 2 is 2.29 bits per heavy atom. The van der Waals surface area contributed by atoms with Crippen LogP contribution in [-0.2, 0) is 11.3 Å². The van der Waals surface area contributed by atoms with Gasteiger partial charge in [-0.25, -0.2) is 0 Å². The number of hydrogen-bond donors (Lipinski definition) is 2. The minimum Gasteiger partial charge on any atom is -0.495 e. The lowest BCUT2D eigenvalue weighted by molar-refractivity contribution is -0.116. The van der Waals surface area contributed by atoms with E-state index < -0.39 is 0 Å². The Labute approximate surface area is 130 Å². The molecule has 7 nitrogen and oxygen atoms in total. The zero-order valence-electron chi connectivity index (χ0n) is 11.5. The number of nitrogens with two attached hydrogens (primary N) is 1. The Hall–Kier alpha value is -1.93. The third kappa shape index (κ3) is 3.59. The maximum Gasteiger partial charge on any atom is 0.244 e. The predicted molar refractivity (Wildman–Crippen MR) is 82.8 cm³/mol. The minimum absolute atomic E-state index is 0.0264. The Morgan fingerprint density at radius 3 is 2.90 bits per heavy atom. The van der Waals surface area contributed by atoms with Gasteiger partial charge >= 0.3 is 0 Å². The molecule has 0 spiro atoms. The summed E-state index contributed by atoms with van der Waals surface area (Å²) in [4.78, 5) is 12.0. The Morgan fingerprint density at radius 1 is 1.52 bits per heavy atom. The van der Waals surface area contributed by atoms with E-state index in [9.17, 15) is 4.79 Å². The number of ether oxygens (including phenoxy) is 1. The van der Waals surface area contributed by atoms with Crippen molar-refractivity contribution in [2.75, 3.05) is 24.4 Å². The summed E-state index contributed by atoms with van der Waals surface area (Å²) < 4.78 is 6.58. The average Bonchev–Trinajstić information content (AvgIpc) is 2.80. The van der Waals surface area contributed by atoms with Crippen molar-refractivity contribution in [2.24, 2.45) is 0 Å². The van der Waals surface area contributed by atoms with Crippen molar-refractivity contribution in [3.8, 4) is 5.75 Å². The van der Waals surface area contributed by atoms with Gasteiger partial charge in [0, 0.05) is 5.69 Å². The summed E-state index contributed by atoms with van der Waals surface area (Å²) in [5.41, 5.74) is 6.25. The van der Waals surface area contributed by atoms with Gasteiger partial charge in [-0.2, -0.15) is 0 Å². The van der Waals surface area contributed by atoms with Crippen LogP contribution in [0, 0.1) is 0 Å². The number of halogens is 1. The molecular weight excluding hydrogens is 314 g/mol. The van der Waals surface area contributed by atoms with Crippen molar-refractivity contribution in [1.82, 2.24) is 14.8 Å². The molecule has 0 unspecified atom stereocenters. The van der Waals surface area contributed by atoms with E-state index in [2.05, 4.69) is 15.5 Å². The molecule has 0 aliphatic carbocycles. The van der Waals surface area contributed by atoms with Crippen LogP contribution in [0.1, 0.15) is 0 Å². The van der Waals surface area contributed by atoms with Crippen LogP contribution in [0.4, 0.5) is 11.6 Å². The molecule has 0 radical (unpaired) electrons. The second-order valence-corrected chi connectivity index (χ2v) is 5.21. The van der Waals surface area contributed by atoms with Gasteiger partial charge in [0.25, 0.3) is 0 Å². The maximum absolute atomic E-state index is 12.0. The third-order valence-electron chi connectivity index (χ3n) is 2.67. The van der Waals surface area contributed by atoms with Crippen LogP contribution in [0.2, 0.25) is 5.02 Å². The van der Waals surface area contributed by atoms with Crippen LogP contribution < -0.4 is 15.8 Å². The molecule has 1 amide bonds. The van der Waals surface area contributed by atoms with Crippen LogP contribution in [0.15, 0.2) is 23.4 Å². The van der Waals surface area contributed by atoms with Gasteiger partial charge in [-0.3, -0.25) is 9.36 Å². The van der Waals surface area contributed by atoms with Gasteiger partial charge < -0.3 is 15.8 Å². The minimum atomic E-state index is -0.252. The number of thioether (sulfide) groups is 1. The number of benzene rings is 1. The molecule has 1 aromatic carbocycles. The lowest BCUT2D eigenvalue weighted by atomic mass is 10.3. The van der Waals surface area contributed by atoms with Gasteiger partial charge in [0.05, 0.1) is 12.1 Å². The van der Waals surface area contributed by atoms with Crippen molar-refractivity contribution in [3.05, 3.63) is 23.2 Å². The standard InChI is InChI=1S/C12H14ClN5O2S/c1-20-9-4-3-7(5-8(9)13)15-10(19)6-18-11(14)16-17-12(18)21-2/h3-5H,6H2,1-2H3,(H2,14,16)(H,15,19). The summed E-state index contributed by atoms with van der Waals surface area (Å²) >= 11 is 7.37. The molecule has 2 aromatic rings. The Kier molecular flexibility index (Phi) is 4.92. The molecule has 9 heteroatoms. The van der Waals surface area contributed by atoms with E-state index in [4.69, 9.17) is 22.1 Å². The molecule has 3 N–H and O–H groups in total. The molecule has 0 bridgehead atoms. The topological polar surface area (TPSA) is 95.1 Å². The van der Waals surface area contributed by atoms with Crippen molar-refractivity contribution in [1.29, 1.82) is 0 Å². The number of nitrogen functional groups attached to an aromatic ring is 1. The fourth-order valence-electron chi connectivity index (χ4n) is 1.69. The summed E-state index contributed by atoms with van der Waals surface area (Å²) in [6.07, 6.45) is 1.83. The number of hydrogen-bond acceptors (Lipinski definition) is 6. The highest BCUT2D eigenvalue weighted by Crippen LogP contribution is 2.27. The first-order valence-corrected chi connectivity index (χ1v) is 7.51. The summed E-state index contributed by atoms with van der Waals surface area (Å²) in [6, 6.07) is 5.00. The predicted octanol–water partition coefficient (Wildman–Crippen LogP) is 1.88. The van der Waals surface area contributed by atoms with E-state index in [1.807, 2.05) is 6.26 Å². The number of carbonyl (C=O) groups is 1. The number of nitrogens with one attached hydrogen (secondary N) is 1. The normalized spacial score (nSPS) is 10.4. The van der Waals surface area contributed by atoms with Crippen LogP contribution in [0.5, 0.6) is 5.75 Å². The summed E-state index contributed by atoms with van der Waals surface area (Å²) in [5, 5.41) is 11.3. The van der Waals surface area contributed by atoms with Crippen LogP contribution in [0.25, 0.3) is 0 Å². The molecule has 0 fully saturated rings. The highest BCUT2D eigenvalue weighted by atomic mass is 35.5. The lowest BCUT2D eigenvalue weighted by Gasteiger charge is -2.09. The molecule has 0 aliphatic heterocycles. The van der Waals surface area contributed by atoms with Crippen LogP contribution >= 0.6 is 23.4 Å². The molecule has 0 saturated carbocycles. The molecule has 112 valence electrons. The highest BCUT2D eigenvalue weighted by molar-refractivity contribution is 7.98. The largest absolute Gasteiger partial charge is 0.495 e. The molecule has 0 atom stereocenters. The van der Waals surface area contributed by atoms with Gasteiger partial charge in [-0.15, -0.1) is 10.2 Å². The number of amides is 1. The van der Waals surface area contributed by atoms with Crippen molar-refractivity contribution >= 4 is 40.9 Å². The lowest BCUT2D eigenvalue weighted by Crippen LogP contribution is -2.20. The number of nitrogens with zero attached hydrogens (tertiary/aromatic N) is 3. The van der Waals surface area contributed by atoms with Gasteiger partial charge in [0.1, 0.15) is 12.3 Å². The smallest absolute Gasteiger partial charge is 0.244 e. The van der Waals surface area contributed by atoms with Crippen molar-refractivity contribution < 1.29 is 9.53 Å². The molecular formula is C12H14ClN5O2S. The van der Waals surface area contributed by atoms with Gasteiger partial charge in [0.2, 0.25) is 11.9 Å². The second-order valence-electron chi connectivity index (χ2n) is 4.03. The van der Waals surface area contributed by atoms with Crippen LogP contribution in [0.3, 0.4) is 0 Å². The van der Waals surface area contributed by atoms with E-state index in [-0.39, 0.29) is 18.4 Å². The molecule has 21 heavy (non-hydrogen) atoms. The number of rotatable bonds is 5. The second kappa shape index (κ2) is 6.68. The van der Waals surface area contributed by atoms with E-state index in [0.29, 0.717) is 21.6 Å². The quantitative estimate of drug-likeness (QED) is 0.814. The molecule has 1 heterocycles. The first-order chi connectivity index (χ1) is 10.0. The maximum atomic E-state index is 12.0. The molecule has 0 aliphatic rings. The highest BCUT2D eigenvalue weighted by Gasteiger charge is 2.13. The Bertz CT molecular complexity index is 661. The summed E-state index contributed by atoms with van der Waals surface area (Å²) in [7, 11) is 1.53. The Balaban J connectivity index is 2.08. The van der Waals surface area contributed by atoms with E-state index in [0.717, 1.165) is 0 Å². The van der Waals surface area contributed by atoms with E-state index >= 15 is 0 Å². The van der Waals surface area contributed by atoms with Gasteiger partial charge in [0.15, 0.2) is 5.16 Å². The number of carbonyl (C=O) groups excluding carboxylic acids is 1. The fraction of sp³-hybridized carbons (Fsp3) is 0.250. The first-order valence-electron chi connectivity index (χ1n) is 5.91. The average molecular weight is 328 g/mol. The number of aromatic nitrogens is 3. The first kappa shape index (κ1) is 15.5. The van der Waals surface area contributed by atoms with Gasteiger partial charge in [-0.1, -0.05) is 23.4 Å². The zero-order chi connectivity index (χ0) is 15.4. The summed E-state index contributed by atoms with van der Waals surface area (Å²) in [5.74, 6) is 0.489. The van der Waals surface area contributed by atoms with Crippen molar-refractivity contribution in [3.63, 3.8) is 0 Å². The van der Waals surface area contributed by atoms with E-state index in [1.54, 1.807) is 18.2 Å². The number of methoxy groups -OCH3 is 1. The SMILES string of the molecule is COc1ccc(NC(=O)Cn2c(N)nnc2SC)cc1Cl. The van der Waals surface area contributed by atoms with Crippen molar-refractivity contribution in [2.45, 2.75) is 11.7 Å². The zero-order valence-corrected chi connectivity index (χ0v) is 13.0. The monoisotopic (exact) mass is 327 g/mol. The molecule has 2 rings (SSSR count). The molecule has 1 aromatic heterocycles. The molecule has 0 saturated heterocycles. The van der Waals surface area contributed by atoms with Gasteiger partial charge in [-0.05, 0) is 24.5 Å². The third-order valence-corrected chi connectivity index (χ3v) is 3.63. The fourth-order valence-corrected chi connectivity index (χ4v) is 2.45.